The zero-order chi connectivity index (χ0) is 13.9. The molecule has 1 nitrogen and oxygen atoms in total. The number of para-hydroxylation sites is 1. The molecular weight excluding hydrogens is 242 g/mol. The predicted octanol–water partition coefficient (Wildman–Crippen LogP) is 5.24. The van der Waals surface area contributed by atoms with Crippen LogP contribution in [0.4, 0.5) is 11.4 Å². The lowest BCUT2D eigenvalue weighted by molar-refractivity contribution is 0.795. The summed E-state index contributed by atoms with van der Waals surface area (Å²) in [6.45, 7) is 6.48. The number of aryl methyl sites for hydroxylation is 1. The number of fused-ring (bicyclic) bond motifs is 1. The fourth-order valence-corrected chi connectivity index (χ4v) is 2.90. The highest BCUT2D eigenvalue weighted by atomic mass is 15.2. The average Bonchev–Trinajstić information content (AvgIpc) is 2.81. The number of hydrogen-bond acceptors (Lipinski definition) is 1. The van der Waals surface area contributed by atoms with Gasteiger partial charge < -0.3 is 4.90 Å². The highest BCUT2D eigenvalue weighted by Gasteiger charge is 2.23. The summed E-state index contributed by atoms with van der Waals surface area (Å²) in [6.07, 6.45) is 4.60. The lowest BCUT2D eigenvalue weighted by Crippen LogP contribution is -2.10. The maximum absolute atomic E-state index is 4.24. The summed E-state index contributed by atoms with van der Waals surface area (Å²) in [4.78, 5) is 2.30. The average molecular weight is 263 g/mol. The summed E-state index contributed by atoms with van der Waals surface area (Å²) in [6, 6.07) is 17.5. The third-order valence-electron chi connectivity index (χ3n) is 3.93. The van der Waals surface area contributed by atoms with Crippen LogP contribution in [-0.4, -0.2) is 0 Å². The van der Waals surface area contributed by atoms with Gasteiger partial charge in [0.15, 0.2) is 0 Å². The van der Waals surface area contributed by atoms with Crippen molar-refractivity contribution in [3.05, 3.63) is 71.9 Å². The second-order valence-electron chi connectivity index (χ2n) is 5.48. The molecule has 1 heteroatoms. The zero-order valence-electron chi connectivity index (χ0n) is 12.1. The number of rotatable bonds is 4. The van der Waals surface area contributed by atoms with Crippen molar-refractivity contribution in [2.45, 2.75) is 32.6 Å². The van der Waals surface area contributed by atoms with Gasteiger partial charge in [-0.1, -0.05) is 50.3 Å². The van der Waals surface area contributed by atoms with E-state index in [1.165, 1.54) is 41.0 Å². The molecule has 2 aromatic carbocycles. The van der Waals surface area contributed by atoms with Crippen molar-refractivity contribution in [1.82, 2.24) is 0 Å². The van der Waals surface area contributed by atoms with E-state index in [4.69, 9.17) is 0 Å². The lowest BCUT2D eigenvalue weighted by atomic mass is 10.1. The van der Waals surface area contributed by atoms with Gasteiger partial charge in [0, 0.05) is 23.5 Å². The third-order valence-corrected chi connectivity index (χ3v) is 3.93. The van der Waals surface area contributed by atoms with E-state index in [2.05, 4.69) is 66.9 Å². The van der Waals surface area contributed by atoms with Gasteiger partial charge in [-0.25, -0.2) is 0 Å². The standard InChI is InChI=1S/C19H21N/c1-3-4-8-16-9-7-11-18(14-16)20-15(2)13-17-10-5-6-12-19(17)20/h5-7,9-12,14H,2-4,8,13H2,1H3. The largest absolute Gasteiger partial charge is 0.314 e. The van der Waals surface area contributed by atoms with Gasteiger partial charge in [0.1, 0.15) is 0 Å². The van der Waals surface area contributed by atoms with Gasteiger partial charge >= 0.3 is 0 Å². The second kappa shape index (κ2) is 5.54. The molecule has 2 aromatic rings. The van der Waals surface area contributed by atoms with Crippen LogP contribution in [0.2, 0.25) is 0 Å². The molecule has 0 amide bonds. The summed E-state index contributed by atoms with van der Waals surface area (Å²) in [5, 5.41) is 0. The topological polar surface area (TPSA) is 3.24 Å². The van der Waals surface area contributed by atoms with Crippen LogP contribution in [0.15, 0.2) is 60.8 Å². The van der Waals surface area contributed by atoms with Crippen LogP contribution in [0, 0.1) is 0 Å². The summed E-state index contributed by atoms with van der Waals surface area (Å²) < 4.78 is 0. The van der Waals surface area contributed by atoms with Crippen molar-refractivity contribution in [2.24, 2.45) is 0 Å². The molecule has 20 heavy (non-hydrogen) atoms. The highest BCUT2D eigenvalue weighted by Crippen LogP contribution is 2.39. The van der Waals surface area contributed by atoms with Crippen molar-refractivity contribution < 1.29 is 0 Å². The molecule has 0 radical (unpaired) electrons. The predicted molar refractivity (Wildman–Crippen MR) is 86.5 cm³/mol. The smallest absolute Gasteiger partial charge is 0.0494 e. The number of benzene rings is 2. The molecular formula is C19H21N. The Balaban J connectivity index is 1.95. The van der Waals surface area contributed by atoms with Gasteiger partial charge in [0.2, 0.25) is 0 Å². The Labute approximate surface area is 121 Å². The molecule has 0 N–H and O–H groups in total. The Hall–Kier alpha value is -2.02. The van der Waals surface area contributed by atoms with Crippen molar-refractivity contribution in [1.29, 1.82) is 0 Å². The van der Waals surface area contributed by atoms with E-state index in [0.29, 0.717) is 0 Å². The van der Waals surface area contributed by atoms with Crippen LogP contribution in [-0.2, 0) is 12.8 Å². The van der Waals surface area contributed by atoms with E-state index in [-0.39, 0.29) is 0 Å². The van der Waals surface area contributed by atoms with Crippen LogP contribution in [0.1, 0.15) is 30.9 Å². The molecule has 0 aliphatic carbocycles. The van der Waals surface area contributed by atoms with Crippen LogP contribution in [0.25, 0.3) is 0 Å². The first-order valence-corrected chi connectivity index (χ1v) is 7.44. The van der Waals surface area contributed by atoms with Gasteiger partial charge in [0.05, 0.1) is 0 Å². The molecule has 1 aliphatic rings. The van der Waals surface area contributed by atoms with Gasteiger partial charge in [-0.3, -0.25) is 0 Å². The third kappa shape index (κ3) is 2.36. The van der Waals surface area contributed by atoms with Crippen LogP contribution in [0.3, 0.4) is 0 Å². The number of anilines is 2. The number of nitrogens with zero attached hydrogens (tertiary/aromatic N) is 1. The number of allylic oxidation sites excluding steroid dienone is 1. The number of unbranched alkanes of at least 4 members (excludes halogenated alkanes) is 1. The van der Waals surface area contributed by atoms with Crippen LogP contribution in [0.5, 0.6) is 0 Å². The van der Waals surface area contributed by atoms with Gasteiger partial charge in [0.25, 0.3) is 0 Å². The fourth-order valence-electron chi connectivity index (χ4n) is 2.90. The maximum atomic E-state index is 4.24. The molecule has 0 unspecified atom stereocenters. The molecule has 0 atom stereocenters. The fraction of sp³-hybridized carbons (Fsp3) is 0.263. The normalized spacial score (nSPS) is 13.7. The number of hydrogen-bond donors (Lipinski definition) is 0. The molecule has 3 rings (SSSR count). The van der Waals surface area contributed by atoms with E-state index >= 15 is 0 Å². The van der Waals surface area contributed by atoms with Gasteiger partial charge in [-0.05, 0) is 42.2 Å². The van der Waals surface area contributed by atoms with E-state index in [1.807, 2.05) is 0 Å². The maximum Gasteiger partial charge on any atom is 0.0494 e. The van der Waals surface area contributed by atoms with Gasteiger partial charge in [-0.2, -0.15) is 0 Å². The van der Waals surface area contributed by atoms with Crippen molar-refractivity contribution in [3.63, 3.8) is 0 Å². The molecule has 0 aromatic heterocycles. The van der Waals surface area contributed by atoms with Crippen LogP contribution >= 0.6 is 0 Å². The molecule has 0 spiro atoms. The minimum absolute atomic E-state index is 0.954. The van der Waals surface area contributed by atoms with Crippen molar-refractivity contribution in [2.75, 3.05) is 4.90 Å². The monoisotopic (exact) mass is 263 g/mol. The highest BCUT2D eigenvalue weighted by molar-refractivity contribution is 5.75. The Kier molecular flexibility index (Phi) is 3.60. The molecule has 1 aliphatic heterocycles. The molecule has 0 bridgehead atoms. The first kappa shape index (κ1) is 13.0. The lowest BCUT2D eigenvalue weighted by Gasteiger charge is -2.21. The summed E-state index contributed by atoms with van der Waals surface area (Å²) in [5.74, 6) is 0. The second-order valence-corrected chi connectivity index (χ2v) is 5.48. The molecule has 0 fully saturated rings. The van der Waals surface area contributed by atoms with E-state index < -0.39 is 0 Å². The minimum Gasteiger partial charge on any atom is -0.314 e. The van der Waals surface area contributed by atoms with E-state index in [1.54, 1.807) is 0 Å². The quantitative estimate of drug-likeness (QED) is 0.729. The summed E-state index contributed by atoms with van der Waals surface area (Å²) in [5.41, 5.74) is 6.48. The summed E-state index contributed by atoms with van der Waals surface area (Å²) >= 11 is 0. The van der Waals surface area contributed by atoms with E-state index in [0.717, 1.165) is 12.8 Å². The zero-order valence-corrected chi connectivity index (χ0v) is 12.1. The SMILES string of the molecule is C=C1Cc2ccccc2N1c1cccc(CCCC)c1. The van der Waals surface area contributed by atoms with E-state index in [9.17, 15) is 0 Å². The van der Waals surface area contributed by atoms with Crippen molar-refractivity contribution in [3.8, 4) is 0 Å². The van der Waals surface area contributed by atoms with Gasteiger partial charge in [-0.15, -0.1) is 0 Å². The Morgan fingerprint density at radius 2 is 1.95 bits per heavy atom. The Bertz CT molecular complexity index is 627. The van der Waals surface area contributed by atoms with Crippen molar-refractivity contribution >= 4 is 11.4 Å². The minimum atomic E-state index is 0.954. The first-order valence-electron chi connectivity index (χ1n) is 7.44. The van der Waals surface area contributed by atoms with Crippen LogP contribution < -0.4 is 4.90 Å². The Morgan fingerprint density at radius 1 is 1.10 bits per heavy atom. The molecule has 1 heterocycles. The molecule has 0 saturated carbocycles. The summed E-state index contributed by atoms with van der Waals surface area (Å²) in [7, 11) is 0. The molecule has 102 valence electrons. The molecule has 0 saturated heterocycles. The Morgan fingerprint density at radius 3 is 2.80 bits per heavy atom. The first-order chi connectivity index (χ1) is 9.79.